The molecule has 0 radical (unpaired) electrons. The third-order valence-corrected chi connectivity index (χ3v) is 2.69. The van der Waals surface area contributed by atoms with Crippen molar-refractivity contribution in [2.24, 2.45) is 0 Å². The van der Waals surface area contributed by atoms with Crippen molar-refractivity contribution in [3.05, 3.63) is 58.6 Å². The Hall–Kier alpha value is -2.69. The number of pyridine rings is 1. The first kappa shape index (κ1) is 10.5. The highest BCUT2D eigenvalue weighted by Gasteiger charge is 2.07. The lowest BCUT2D eigenvalue weighted by Crippen LogP contribution is -2.03. The summed E-state index contributed by atoms with van der Waals surface area (Å²) in [5.41, 5.74) is 1.52. The monoisotopic (exact) mass is 240 g/mol. The van der Waals surface area contributed by atoms with Crippen LogP contribution in [0.15, 0.2) is 48.5 Å². The Kier molecular flexibility index (Phi) is 2.30. The topological polar surface area (TPSA) is 65.3 Å². The molecule has 0 saturated heterocycles. The molecule has 0 aliphatic carbocycles. The Morgan fingerprint density at radius 3 is 2.67 bits per heavy atom. The highest BCUT2D eigenvalue weighted by molar-refractivity contribution is 5.95. The molecule has 0 bridgehead atoms. The van der Waals surface area contributed by atoms with E-state index in [0.29, 0.717) is 10.9 Å². The van der Waals surface area contributed by atoms with Crippen molar-refractivity contribution in [1.29, 1.82) is 0 Å². The van der Waals surface area contributed by atoms with Crippen molar-refractivity contribution in [3.63, 3.8) is 0 Å². The van der Waals surface area contributed by atoms with Crippen LogP contribution >= 0.6 is 0 Å². The smallest absolute Gasteiger partial charge is 0.275 e. The van der Waals surface area contributed by atoms with Gasteiger partial charge in [0.1, 0.15) is 5.75 Å². The van der Waals surface area contributed by atoms with Gasteiger partial charge in [-0.25, -0.2) is 4.98 Å². The van der Waals surface area contributed by atoms with E-state index in [2.05, 4.69) is 9.82 Å². The zero-order valence-electron chi connectivity index (χ0n) is 9.24. The Morgan fingerprint density at radius 2 is 1.83 bits per heavy atom. The molecule has 18 heavy (non-hydrogen) atoms. The fraction of sp³-hybridized carbons (Fsp3) is 0. The number of hydrogen-bond donors (Lipinski definition) is 0. The van der Waals surface area contributed by atoms with Crippen molar-refractivity contribution >= 4 is 21.8 Å². The summed E-state index contributed by atoms with van der Waals surface area (Å²) in [5.74, 6) is 0.204. The van der Waals surface area contributed by atoms with Crippen LogP contribution < -0.4 is 4.84 Å². The minimum atomic E-state index is -0.816. The van der Waals surface area contributed by atoms with Gasteiger partial charge < -0.3 is 0 Å². The number of nitrogens with zero attached hydrogens (tertiary/aromatic N) is 2. The molecule has 5 nitrogen and oxygen atoms in total. The molecule has 0 fully saturated rings. The lowest BCUT2D eigenvalue weighted by molar-refractivity contribution is -0.710. The first-order valence-corrected chi connectivity index (χ1v) is 5.35. The summed E-state index contributed by atoms with van der Waals surface area (Å²) in [4.78, 5) is 19.4. The van der Waals surface area contributed by atoms with Crippen LogP contribution in [0, 0.1) is 10.1 Å². The third-order valence-electron chi connectivity index (χ3n) is 2.69. The molecule has 3 aromatic rings. The quantitative estimate of drug-likeness (QED) is 0.392. The van der Waals surface area contributed by atoms with Crippen molar-refractivity contribution in [2.45, 2.75) is 0 Å². The Bertz CT molecular complexity index is 755. The molecule has 0 spiro atoms. The second-order valence-electron chi connectivity index (χ2n) is 3.82. The first-order chi connectivity index (χ1) is 8.74. The largest absolute Gasteiger partial charge is 0.299 e. The zero-order valence-corrected chi connectivity index (χ0v) is 9.24. The zero-order chi connectivity index (χ0) is 12.5. The molecule has 0 aliphatic rings. The number of hydrogen-bond acceptors (Lipinski definition) is 4. The maximum atomic E-state index is 10.4. The summed E-state index contributed by atoms with van der Waals surface area (Å²) in [6.45, 7) is 0. The average molecular weight is 240 g/mol. The Balaban J connectivity index is 2.32. The predicted octanol–water partition coefficient (Wildman–Crippen LogP) is 2.96. The summed E-state index contributed by atoms with van der Waals surface area (Å²) in [6, 6.07) is 14.5. The molecule has 0 unspecified atom stereocenters. The number of benzene rings is 2. The van der Waals surface area contributed by atoms with E-state index < -0.39 is 5.09 Å². The van der Waals surface area contributed by atoms with Gasteiger partial charge in [0.15, 0.2) is 0 Å². The van der Waals surface area contributed by atoms with E-state index in [4.69, 9.17) is 0 Å². The van der Waals surface area contributed by atoms with Crippen molar-refractivity contribution in [2.75, 3.05) is 0 Å². The van der Waals surface area contributed by atoms with Crippen LogP contribution in [0.2, 0.25) is 0 Å². The standard InChI is InChI=1S/C13H8N2O3/c16-15(17)18-13-7-3-6-12-10(13)8-9-4-1-2-5-11(9)14-12/h1-8H. The minimum absolute atomic E-state index is 0.204. The molecule has 1 aromatic heterocycles. The molecule has 0 atom stereocenters. The van der Waals surface area contributed by atoms with E-state index >= 15 is 0 Å². The van der Waals surface area contributed by atoms with Crippen LogP contribution in [0.3, 0.4) is 0 Å². The first-order valence-electron chi connectivity index (χ1n) is 5.35. The average Bonchev–Trinajstić information content (AvgIpc) is 2.36. The van der Waals surface area contributed by atoms with Gasteiger partial charge in [0.05, 0.1) is 11.0 Å². The lowest BCUT2D eigenvalue weighted by atomic mass is 10.1. The van der Waals surface area contributed by atoms with E-state index in [1.807, 2.05) is 30.3 Å². The van der Waals surface area contributed by atoms with Crippen molar-refractivity contribution in [1.82, 2.24) is 4.98 Å². The van der Waals surface area contributed by atoms with Crippen LogP contribution in [-0.4, -0.2) is 10.1 Å². The highest BCUT2D eigenvalue weighted by atomic mass is 17.0. The molecule has 2 aromatic carbocycles. The molecule has 3 rings (SSSR count). The van der Waals surface area contributed by atoms with E-state index in [-0.39, 0.29) is 5.75 Å². The number of para-hydroxylation sites is 1. The fourth-order valence-corrected chi connectivity index (χ4v) is 1.93. The molecule has 0 N–H and O–H groups in total. The minimum Gasteiger partial charge on any atom is -0.275 e. The Labute approximate surface area is 102 Å². The van der Waals surface area contributed by atoms with Gasteiger partial charge >= 0.3 is 0 Å². The van der Waals surface area contributed by atoms with E-state index in [0.717, 1.165) is 10.9 Å². The third kappa shape index (κ3) is 1.71. The van der Waals surface area contributed by atoms with Gasteiger partial charge in [-0.05, 0) is 24.3 Å². The summed E-state index contributed by atoms with van der Waals surface area (Å²) in [5, 5.41) is 11.2. The van der Waals surface area contributed by atoms with E-state index in [1.165, 1.54) is 0 Å². The predicted molar refractivity (Wildman–Crippen MR) is 66.9 cm³/mol. The molecular formula is C13H8N2O3. The van der Waals surface area contributed by atoms with Crippen LogP contribution in [-0.2, 0) is 0 Å². The maximum absolute atomic E-state index is 10.4. The van der Waals surface area contributed by atoms with E-state index in [1.54, 1.807) is 18.2 Å². The van der Waals surface area contributed by atoms with Crippen LogP contribution in [0.1, 0.15) is 0 Å². The van der Waals surface area contributed by atoms with Gasteiger partial charge in [-0.3, -0.25) is 4.84 Å². The van der Waals surface area contributed by atoms with Gasteiger partial charge in [0.25, 0.3) is 5.09 Å². The normalized spacial score (nSPS) is 10.7. The molecule has 0 amide bonds. The summed E-state index contributed by atoms with van der Waals surface area (Å²) in [6.07, 6.45) is 0. The van der Waals surface area contributed by atoms with Crippen molar-refractivity contribution < 1.29 is 9.92 Å². The summed E-state index contributed by atoms with van der Waals surface area (Å²) < 4.78 is 0. The second kappa shape index (κ2) is 3.96. The number of rotatable bonds is 2. The van der Waals surface area contributed by atoms with Crippen LogP contribution in [0.5, 0.6) is 5.75 Å². The van der Waals surface area contributed by atoms with Gasteiger partial charge in [-0.2, -0.15) is 0 Å². The van der Waals surface area contributed by atoms with Crippen LogP contribution in [0.4, 0.5) is 0 Å². The molecular weight excluding hydrogens is 232 g/mol. The van der Waals surface area contributed by atoms with Crippen molar-refractivity contribution in [3.8, 4) is 5.75 Å². The number of fused-ring (bicyclic) bond motifs is 2. The SMILES string of the molecule is O=[N+]([O-])Oc1cccc2nc3ccccc3cc12. The molecule has 1 heterocycles. The lowest BCUT2D eigenvalue weighted by Gasteiger charge is -2.05. The second-order valence-corrected chi connectivity index (χ2v) is 3.82. The summed E-state index contributed by atoms with van der Waals surface area (Å²) >= 11 is 0. The summed E-state index contributed by atoms with van der Waals surface area (Å²) in [7, 11) is 0. The molecule has 0 aliphatic heterocycles. The van der Waals surface area contributed by atoms with E-state index in [9.17, 15) is 10.1 Å². The molecule has 0 saturated carbocycles. The highest BCUT2D eigenvalue weighted by Crippen LogP contribution is 2.27. The fourth-order valence-electron chi connectivity index (χ4n) is 1.93. The number of aromatic nitrogens is 1. The molecule has 88 valence electrons. The van der Waals surface area contributed by atoms with Gasteiger partial charge in [-0.15, -0.1) is 10.1 Å². The van der Waals surface area contributed by atoms with Gasteiger partial charge in [0, 0.05) is 10.8 Å². The Morgan fingerprint density at radius 1 is 1.06 bits per heavy atom. The molecule has 5 heteroatoms. The van der Waals surface area contributed by atoms with Gasteiger partial charge in [-0.1, -0.05) is 24.3 Å². The maximum Gasteiger partial charge on any atom is 0.299 e. The van der Waals surface area contributed by atoms with Crippen LogP contribution in [0.25, 0.3) is 21.8 Å². The van der Waals surface area contributed by atoms with Gasteiger partial charge in [0.2, 0.25) is 0 Å².